The standard InChI is InChI=1S/C25H24N6O5S/c1-36-16-6-7-18(22(12-16)28-25(33)21-5-3-10-27-21)24(32)13-23-19-15-31(11-8-20(19)29-30-23)37(34,35)17-4-2-9-26-14-17/h2-7,9-10,12,14,27H,8,11,13,15H2,1H3,(H,28,33)(H,29,30). The number of benzene rings is 1. The molecule has 3 N–H and O–H groups in total. The number of carbonyl (C=O) groups is 2. The van der Waals surface area contributed by atoms with Crippen LogP contribution in [0, 0.1) is 0 Å². The minimum atomic E-state index is -3.75. The van der Waals surface area contributed by atoms with E-state index >= 15 is 0 Å². The molecule has 11 nitrogen and oxygen atoms in total. The average molecular weight is 521 g/mol. The first kappa shape index (κ1) is 24.4. The molecule has 1 amide bonds. The maximum atomic E-state index is 13.4. The molecule has 0 fully saturated rings. The minimum Gasteiger partial charge on any atom is -0.497 e. The first-order valence-corrected chi connectivity index (χ1v) is 12.9. The first-order valence-electron chi connectivity index (χ1n) is 11.5. The summed E-state index contributed by atoms with van der Waals surface area (Å²) in [4.78, 5) is 32.9. The SMILES string of the molecule is COc1ccc(C(=O)Cc2n[nH]c3c2CN(S(=O)(=O)c2cccnc2)CC3)c(NC(=O)c2ccc[nH]2)c1. The van der Waals surface area contributed by atoms with E-state index in [0.29, 0.717) is 34.8 Å². The van der Waals surface area contributed by atoms with E-state index in [1.54, 1.807) is 42.6 Å². The number of methoxy groups -OCH3 is 1. The van der Waals surface area contributed by atoms with Crippen molar-refractivity contribution >= 4 is 27.4 Å². The first-order chi connectivity index (χ1) is 17.9. The summed E-state index contributed by atoms with van der Waals surface area (Å²) in [5, 5.41) is 10.0. The fourth-order valence-electron chi connectivity index (χ4n) is 4.24. The molecule has 0 bridgehead atoms. The van der Waals surface area contributed by atoms with Gasteiger partial charge >= 0.3 is 0 Å². The van der Waals surface area contributed by atoms with Gasteiger partial charge in [-0.1, -0.05) is 0 Å². The number of aromatic amines is 2. The van der Waals surface area contributed by atoms with E-state index in [2.05, 4.69) is 25.5 Å². The van der Waals surface area contributed by atoms with Crippen LogP contribution >= 0.6 is 0 Å². The quantitative estimate of drug-likeness (QED) is 0.302. The van der Waals surface area contributed by atoms with Gasteiger partial charge in [0.15, 0.2) is 5.78 Å². The number of Topliss-reactive ketones (excluding diaryl/α,β-unsaturated/α-hetero) is 1. The minimum absolute atomic E-state index is 0.0791. The van der Waals surface area contributed by atoms with Crippen LogP contribution in [0.3, 0.4) is 0 Å². The number of ether oxygens (including phenoxy) is 1. The van der Waals surface area contributed by atoms with Crippen LogP contribution in [0.4, 0.5) is 5.69 Å². The molecule has 1 aliphatic rings. The van der Waals surface area contributed by atoms with Gasteiger partial charge in [0, 0.05) is 61.0 Å². The van der Waals surface area contributed by atoms with Crippen molar-refractivity contribution in [1.29, 1.82) is 0 Å². The zero-order valence-electron chi connectivity index (χ0n) is 19.9. The largest absolute Gasteiger partial charge is 0.497 e. The third kappa shape index (κ3) is 4.88. The number of nitrogens with zero attached hydrogens (tertiary/aromatic N) is 3. The molecule has 37 heavy (non-hydrogen) atoms. The molecule has 0 radical (unpaired) electrons. The van der Waals surface area contributed by atoms with Crippen LogP contribution in [0.1, 0.15) is 37.8 Å². The lowest BCUT2D eigenvalue weighted by Crippen LogP contribution is -2.36. The van der Waals surface area contributed by atoms with Gasteiger partial charge in [-0.25, -0.2) is 8.42 Å². The summed E-state index contributed by atoms with van der Waals surface area (Å²) < 4.78 is 32.9. The molecule has 1 aliphatic heterocycles. The van der Waals surface area contributed by atoms with Gasteiger partial charge < -0.3 is 15.0 Å². The fourth-order valence-corrected chi connectivity index (χ4v) is 5.61. The molecule has 0 aliphatic carbocycles. The maximum absolute atomic E-state index is 13.4. The second-order valence-electron chi connectivity index (χ2n) is 8.45. The molecule has 3 aromatic heterocycles. The topological polar surface area (TPSA) is 150 Å². The molecule has 190 valence electrons. The lowest BCUT2D eigenvalue weighted by Gasteiger charge is -2.26. The number of nitrogens with one attached hydrogen (secondary N) is 3. The Balaban J connectivity index is 1.39. The molecule has 0 saturated heterocycles. The second kappa shape index (κ2) is 9.99. The van der Waals surface area contributed by atoms with Crippen LogP contribution in [0.25, 0.3) is 0 Å². The van der Waals surface area contributed by atoms with E-state index in [4.69, 9.17) is 4.74 Å². The van der Waals surface area contributed by atoms with Gasteiger partial charge in [0.25, 0.3) is 5.91 Å². The van der Waals surface area contributed by atoms with E-state index < -0.39 is 15.9 Å². The van der Waals surface area contributed by atoms with Crippen LogP contribution in [0.15, 0.2) is 66.0 Å². The summed E-state index contributed by atoms with van der Waals surface area (Å²) in [6.45, 7) is 0.373. The van der Waals surface area contributed by atoms with Crippen LogP contribution < -0.4 is 10.1 Å². The van der Waals surface area contributed by atoms with Crippen LogP contribution in [-0.4, -0.2) is 58.2 Å². The van der Waals surface area contributed by atoms with E-state index in [1.165, 1.54) is 29.9 Å². The van der Waals surface area contributed by atoms with Crippen molar-refractivity contribution in [3.05, 3.63) is 89.3 Å². The number of amides is 1. The number of ketones is 1. The number of sulfonamides is 1. The summed E-state index contributed by atoms with van der Waals surface area (Å²) >= 11 is 0. The number of pyridine rings is 1. The maximum Gasteiger partial charge on any atom is 0.272 e. The van der Waals surface area contributed by atoms with Gasteiger partial charge in [-0.05, 0) is 36.4 Å². The second-order valence-corrected chi connectivity index (χ2v) is 10.4. The highest BCUT2D eigenvalue weighted by Crippen LogP contribution is 2.28. The highest BCUT2D eigenvalue weighted by Gasteiger charge is 2.32. The summed E-state index contributed by atoms with van der Waals surface area (Å²) in [5.74, 6) is -0.210. The fraction of sp³-hybridized carbons (Fsp3) is 0.200. The Bertz CT molecular complexity index is 1550. The van der Waals surface area contributed by atoms with Crippen molar-refractivity contribution in [3.63, 3.8) is 0 Å². The van der Waals surface area contributed by atoms with Crippen molar-refractivity contribution in [3.8, 4) is 5.75 Å². The Kier molecular flexibility index (Phi) is 6.59. The number of rotatable bonds is 8. The van der Waals surface area contributed by atoms with Crippen molar-refractivity contribution < 1.29 is 22.7 Å². The Hall–Kier alpha value is -4.29. The summed E-state index contributed by atoms with van der Waals surface area (Å²) in [6.07, 6.45) is 4.82. The number of aromatic nitrogens is 4. The summed E-state index contributed by atoms with van der Waals surface area (Å²) in [7, 11) is -2.25. The number of H-pyrrole nitrogens is 2. The van der Waals surface area contributed by atoms with Crippen molar-refractivity contribution in [1.82, 2.24) is 24.5 Å². The normalized spacial score (nSPS) is 13.6. The average Bonchev–Trinajstić information content (AvgIpc) is 3.59. The zero-order chi connectivity index (χ0) is 26.0. The summed E-state index contributed by atoms with van der Waals surface area (Å²) in [5.41, 5.74) is 2.87. The summed E-state index contributed by atoms with van der Waals surface area (Å²) in [6, 6.07) is 11.2. The van der Waals surface area contributed by atoms with E-state index in [-0.39, 0.29) is 35.8 Å². The third-order valence-corrected chi connectivity index (χ3v) is 8.03. The van der Waals surface area contributed by atoms with E-state index in [9.17, 15) is 18.0 Å². The van der Waals surface area contributed by atoms with Crippen molar-refractivity contribution in [2.24, 2.45) is 0 Å². The lowest BCUT2D eigenvalue weighted by molar-refractivity contribution is 0.0992. The highest BCUT2D eigenvalue weighted by molar-refractivity contribution is 7.89. The highest BCUT2D eigenvalue weighted by atomic mass is 32.2. The molecular weight excluding hydrogens is 496 g/mol. The number of hydrogen-bond acceptors (Lipinski definition) is 7. The molecular formula is C25H24N6O5S. The number of fused-ring (bicyclic) bond motifs is 1. The van der Waals surface area contributed by atoms with Gasteiger partial charge in [0.1, 0.15) is 16.3 Å². The van der Waals surface area contributed by atoms with Crippen molar-refractivity contribution in [2.75, 3.05) is 19.0 Å². The predicted octanol–water partition coefficient (Wildman–Crippen LogP) is 2.57. The Labute approximate surface area is 212 Å². The predicted molar refractivity (Wildman–Crippen MR) is 134 cm³/mol. The van der Waals surface area contributed by atoms with E-state index in [1.807, 2.05) is 0 Å². The molecule has 0 unspecified atom stereocenters. The van der Waals surface area contributed by atoms with Gasteiger partial charge in [-0.15, -0.1) is 0 Å². The molecule has 0 atom stereocenters. The smallest absolute Gasteiger partial charge is 0.272 e. The Morgan fingerprint density at radius 1 is 1.19 bits per heavy atom. The number of carbonyl (C=O) groups excluding carboxylic acids is 2. The molecule has 5 rings (SSSR count). The van der Waals surface area contributed by atoms with Gasteiger partial charge in [-0.3, -0.25) is 19.7 Å². The van der Waals surface area contributed by atoms with Crippen LogP contribution in [-0.2, 0) is 29.4 Å². The molecule has 4 aromatic rings. The zero-order valence-corrected chi connectivity index (χ0v) is 20.7. The molecule has 1 aromatic carbocycles. The number of anilines is 1. The molecule has 0 saturated carbocycles. The monoisotopic (exact) mass is 520 g/mol. The van der Waals surface area contributed by atoms with Gasteiger partial charge in [-0.2, -0.15) is 9.40 Å². The van der Waals surface area contributed by atoms with Gasteiger partial charge in [0.2, 0.25) is 10.0 Å². The van der Waals surface area contributed by atoms with Crippen LogP contribution in [0.5, 0.6) is 5.75 Å². The Morgan fingerprint density at radius 2 is 2.05 bits per heavy atom. The number of hydrogen-bond donors (Lipinski definition) is 3. The molecule has 0 spiro atoms. The van der Waals surface area contributed by atoms with Gasteiger partial charge in [0.05, 0.1) is 24.9 Å². The lowest BCUT2D eigenvalue weighted by atomic mass is 9.99. The third-order valence-electron chi connectivity index (χ3n) is 6.20. The molecule has 4 heterocycles. The Morgan fingerprint density at radius 3 is 2.78 bits per heavy atom. The molecule has 12 heteroatoms. The van der Waals surface area contributed by atoms with Crippen molar-refractivity contribution in [2.45, 2.75) is 24.3 Å². The van der Waals surface area contributed by atoms with Crippen LogP contribution in [0.2, 0.25) is 0 Å². The van der Waals surface area contributed by atoms with E-state index in [0.717, 1.165) is 5.69 Å².